The van der Waals surface area contributed by atoms with E-state index in [1.807, 2.05) is 4.68 Å². The lowest BCUT2D eigenvalue weighted by Gasteiger charge is -2.06. The maximum absolute atomic E-state index is 5.96. The van der Waals surface area contributed by atoms with Gasteiger partial charge in [0.05, 0.1) is 6.54 Å². The average molecular weight is 290 g/mol. The van der Waals surface area contributed by atoms with Crippen molar-refractivity contribution in [3.05, 3.63) is 34.8 Å². The number of nitrogens with zero attached hydrogens (tertiary/aromatic N) is 3. The third kappa shape index (κ3) is 3.94. The number of aromatic nitrogens is 3. The maximum Gasteiger partial charge on any atom is 0.150 e. The molecule has 0 radical (unpaired) electrons. The number of aryl methyl sites for hydroxylation is 3. The van der Waals surface area contributed by atoms with Crippen LogP contribution in [0.1, 0.15) is 56.4 Å². The van der Waals surface area contributed by atoms with Gasteiger partial charge in [0.15, 0.2) is 5.82 Å². The molecule has 0 bridgehead atoms. The molecule has 1 N–H and O–H groups in total. The van der Waals surface area contributed by atoms with E-state index in [0.717, 1.165) is 42.6 Å². The molecule has 2 heterocycles. The smallest absolute Gasteiger partial charge is 0.150 e. The van der Waals surface area contributed by atoms with Gasteiger partial charge in [0.2, 0.25) is 0 Å². The molecule has 2 aromatic heterocycles. The maximum atomic E-state index is 5.96. The molecule has 0 amide bonds. The van der Waals surface area contributed by atoms with E-state index in [4.69, 9.17) is 4.42 Å². The molecular weight excluding hydrogens is 264 g/mol. The zero-order valence-corrected chi connectivity index (χ0v) is 13.7. The molecule has 5 heteroatoms. The van der Waals surface area contributed by atoms with E-state index in [1.54, 1.807) is 0 Å². The molecular formula is C16H26N4O. The summed E-state index contributed by atoms with van der Waals surface area (Å²) in [6.07, 6.45) is 1.75. The molecule has 116 valence electrons. The molecule has 0 aromatic carbocycles. The van der Waals surface area contributed by atoms with Crippen LogP contribution in [0.15, 0.2) is 10.5 Å². The largest absolute Gasteiger partial charge is 0.462 e. The van der Waals surface area contributed by atoms with E-state index in [-0.39, 0.29) is 0 Å². The van der Waals surface area contributed by atoms with Crippen molar-refractivity contribution in [1.82, 2.24) is 20.1 Å². The van der Waals surface area contributed by atoms with Gasteiger partial charge < -0.3 is 9.73 Å². The van der Waals surface area contributed by atoms with Crippen LogP contribution in [0, 0.1) is 6.92 Å². The third-order valence-electron chi connectivity index (χ3n) is 3.47. The van der Waals surface area contributed by atoms with Crippen LogP contribution >= 0.6 is 0 Å². The molecule has 0 atom stereocenters. The fourth-order valence-electron chi connectivity index (χ4n) is 2.25. The summed E-state index contributed by atoms with van der Waals surface area (Å²) in [6.45, 7) is 11.9. The summed E-state index contributed by atoms with van der Waals surface area (Å²) in [5, 5.41) is 7.92. The molecule has 0 aliphatic carbocycles. The second-order valence-electron chi connectivity index (χ2n) is 5.66. The van der Waals surface area contributed by atoms with E-state index < -0.39 is 0 Å². The van der Waals surface area contributed by atoms with Crippen LogP contribution in [-0.2, 0) is 25.9 Å². The lowest BCUT2D eigenvalue weighted by molar-refractivity contribution is 0.416. The average Bonchev–Trinajstić information content (AvgIpc) is 3.00. The van der Waals surface area contributed by atoms with Gasteiger partial charge in [-0.1, -0.05) is 27.7 Å². The van der Waals surface area contributed by atoms with Gasteiger partial charge >= 0.3 is 0 Å². The van der Waals surface area contributed by atoms with E-state index in [1.165, 1.54) is 5.56 Å². The van der Waals surface area contributed by atoms with Gasteiger partial charge in [0, 0.05) is 18.9 Å². The van der Waals surface area contributed by atoms with Crippen LogP contribution in [0.2, 0.25) is 0 Å². The Morgan fingerprint density at radius 1 is 1.29 bits per heavy atom. The van der Waals surface area contributed by atoms with Crippen molar-refractivity contribution < 1.29 is 4.42 Å². The minimum absolute atomic E-state index is 0.451. The predicted octanol–water partition coefficient (Wildman–Crippen LogP) is 2.85. The highest BCUT2D eigenvalue weighted by Gasteiger charge is 2.12. The van der Waals surface area contributed by atoms with Crippen molar-refractivity contribution in [3.63, 3.8) is 0 Å². The molecule has 0 unspecified atom stereocenters. The third-order valence-corrected chi connectivity index (χ3v) is 3.47. The summed E-state index contributed by atoms with van der Waals surface area (Å²) in [6, 6.07) is 2.55. The van der Waals surface area contributed by atoms with Gasteiger partial charge in [-0.05, 0) is 18.6 Å². The standard InChI is InChI=1S/C16H26N4O/c1-6-15-18-16(7-2)20(19-15)10-13-8-12(5)14(21-13)9-17-11(3)4/h8,11,17H,6-7,9-10H2,1-5H3. The van der Waals surface area contributed by atoms with Crippen molar-refractivity contribution in [1.29, 1.82) is 0 Å². The molecule has 2 aromatic rings. The Hall–Kier alpha value is -1.62. The molecule has 0 spiro atoms. The number of nitrogens with one attached hydrogen (secondary N) is 1. The van der Waals surface area contributed by atoms with Crippen molar-refractivity contribution >= 4 is 0 Å². The Morgan fingerprint density at radius 2 is 2.05 bits per heavy atom. The van der Waals surface area contributed by atoms with Gasteiger partial charge in [-0.3, -0.25) is 0 Å². The Morgan fingerprint density at radius 3 is 2.67 bits per heavy atom. The molecule has 0 fully saturated rings. The quantitative estimate of drug-likeness (QED) is 0.852. The van der Waals surface area contributed by atoms with Gasteiger partial charge in [0.25, 0.3) is 0 Å². The number of hydrogen-bond donors (Lipinski definition) is 1. The predicted molar refractivity (Wildman–Crippen MR) is 83.3 cm³/mol. The first kappa shape index (κ1) is 15.8. The fourth-order valence-corrected chi connectivity index (χ4v) is 2.25. The van der Waals surface area contributed by atoms with E-state index in [0.29, 0.717) is 12.6 Å². The van der Waals surface area contributed by atoms with Crippen molar-refractivity contribution in [3.8, 4) is 0 Å². The van der Waals surface area contributed by atoms with Crippen LogP contribution in [0.25, 0.3) is 0 Å². The highest BCUT2D eigenvalue weighted by atomic mass is 16.3. The van der Waals surface area contributed by atoms with Crippen molar-refractivity contribution in [2.24, 2.45) is 0 Å². The zero-order chi connectivity index (χ0) is 15.4. The molecule has 5 nitrogen and oxygen atoms in total. The monoisotopic (exact) mass is 290 g/mol. The lowest BCUT2D eigenvalue weighted by Crippen LogP contribution is -2.21. The second kappa shape index (κ2) is 6.89. The number of hydrogen-bond acceptors (Lipinski definition) is 4. The molecule has 2 rings (SSSR count). The minimum Gasteiger partial charge on any atom is -0.462 e. The van der Waals surface area contributed by atoms with Gasteiger partial charge in [-0.2, -0.15) is 5.10 Å². The molecule has 0 aliphatic rings. The number of rotatable bonds is 7. The lowest BCUT2D eigenvalue weighted by atomic mass is 10.2. The van der Waals surface area contributed by atoms with Gasteiger partial charge in [0.1, 0.15) is 23.9 Å². The second-order valence-corrected chi connectivity index (χ2v) is 5.66. The highest BCUT2D eigenvalue weighted by molar-refractivity contribution is 5.20. The Balaban J connectivity index is 2.12. The number of furan rings is 1. The van der Waals surface area contributed by atoms with Gasteiger partial charge in [-0.15, -0.1) is 0 Å². The Kier molecular flexibility index (Phi) is 5.17. The summed E-state index contributed by atoms with van der Waals surface area (Å²) in [4.78, 5) is 4.53. The first-order valence-corrected chi connectivity index (χ1v) is 7.77. The normalized spacial score (nSPS) is 11.5. The first-order valence-electron chi connectivity index (χ1n) is 7.77. The van der Waals surface area contributed by atoms with Crippen LogP contribution < -0.4 is 5.32 Å². The van der Waals surface area contributed by atoms with Crippen molar-refractivity contribution in [2.75, 3.05) is 0 Å². The molecule has 21 heavy (non-hydrogen) atoms. The summed E-state index contributed by atoms with van der Waals surface area (Å²) >= 11 is 0. The summed E-state index contributed by atoms with van der Waals surface area (Å²) in [5.41, 5.74) is 1.19. The topological polar surface area (TPSA) is 55.9 Å². The van der Waals surface area contributed by atoms with Crippen LogP contribution in [-0.4, -0.2) is 20.8 Å². The Labute approximate surface area is 126 Å². The van der Waals surface area contributed by atoms with Crippen LogP contribution in [0.3, 0.4) is 0 Å². The van der Waals surface area contributed by atoms with Gasteiger partial charge in [-0.25, -0.2) is 9.67 Å². The van der Waals surface area contributed by atoms with E-state index in [2.05, 4.69) is 56.1 Å². The molecule has 0 aliphatic heterocycles. The summed E-state index contributed by atoms with van der Waals surface area (Å²) in [7, 11) is 0. The van der Waals surface area contributed by atoms with Crippen LogP contribution in [0.5, 0.6) is 0 Å². The first-order chi connectivity index (χ1) is 10.0. The van der Waals surface area contributed by atoms with E-state index >= 15 is 0 Å². The molecule has 0 saturated heterocycles. The summed E-state index contributed by atoms with van der Waals surface area (Å²) < 4.78 is 7.92. The summed E-state index contributed by atoms with van der Waals surface area (Å²) in [5.74, 6) is 3.86. The Bertz CT molecular complexity index is 583. The highest BCUT2D eigenvalue weighted by Crippen LogP contribution is 2.16. The molecule has 0 saturated carbocycles. The fraction of sp³-hybridized carbons (Fsp3) is 0.625. The van der Waals surface area contributed by atoms with Crippen molar-refractivity contribution in [2.45, 2.75) is 66.6 Å². The van der Waals surface area contributed by atoms with E-state index in [9.17, 15) is 0 Å². The minimum atomic E-state index is 0.451. The zero-order valence-electron chi connectivity index (χ0n) is 13.7. The SMILES string of the molecule is CCc1nc(CC)n(Cc2cc(C)c(CNC(C)C)o2)n1. The van der Waals surface area contributed by atoms with Crippen LogP contribution in [0.4, 0.5) is 0 Å².